The Labute approximate surface area is 587 Å². The van der Waals surface area contributed by atoms with Crippen molar-refractivity contribution in [3.8, 4) is 51.7 Å². The number of methoxy groups -OCH3 is 6. The first kappa shape index (κ1) is 72.3. The van der Waals surface area contributed by atoms with E-state index >= 15 is 0 Å². The molecule has 0 saturated carbocycles. The highest BCUT2D eigenvalue weighted by molar-refractivity contribution is 6.08. The topological polar surface area (TPSA) is 274 Å². The molecule has 3 aliphatic rings. The third-order valence-electron chi connectivity index (χ3n) is 17.3. The third kappa shape index (κ3) is 16.8. The first-order valence-electron chi connectivity index (χ1n) is 32.0. The highest BCUT2D eigenvalue weighted by atomic mass is 19.1. The van der Waals surface area contributed by atoms with Crippen molar-refractivity contribution in [2.75, 3.05) is 56.8 Å². The number of nitrogens with zero attached hydrogens (tertiary/aromatic N) is 7. The molecule has 2 atom stereocenters. The molecule has 4 aromatic carbocycles. The summed E-state index contributed by atoms with van der Waals surface area (Å²) in [5.74, 6) is -0.806. The SMILES string of the molecule is COc1cc(/C=C2/C(C)=C(CC(=O)NCc3ccccn3)c3cc(F)ncc32)cc(OC)c1O.COc1cc(/C=C2\c3ccc(F)cc3C(CC(=O)NCc3cccnc3)N2C)cc(OC)c1O.COc1cc(/C=C2\c3ccc(F)nc3C(CC(=O)NCc3cccnc3)N2C)cc(OC)c1O. The van der Waals surface area contributed by atoms with Crippen molar-refractivity contribution in [3.63, 3.8) is 0 Å². The minimum Gasteiger partial charge on any atom is -0.502 e. The number of ether oxygens (including phenoxy) is 6. The van der Waals surface area contributed by atoms with E-state index in [1.807, 2.05) is 85.4 Å². The van der Waals surface area contributed by atoms with E-state index in [0.717, 1.165) is 72.8 Å². The number of allylic oxidation sites excluding steroid dienone is 2. The van der Waals surface area contributed by atoms with Crippen molar-refractivity contribution in [3.05, 3.63) is 243 Å². The van der Waals surface area contributed by atoms with Crippen LogP contribution in [0.25, 0.3) is 40.8 Å². The molecule has 22 nitrogen and oxygen atoms in total. The molecule has 3 amide bonds. The van der Waals surface area contributed by atoms with E-state index < -0.39 is 17.9 Å². The van der Waals surface area contributed by atoms with Gasteiger partial charge in [0, 0.05) is 98.5 Å². The lowest BCUT2D eigenvalue weighted by Crippen LogP contribution is -2.28. The summed E-state index contributed by atoms with van der Waals surface area (Å²) in [6.45, 7) is 2.91. The maximum Gasteiger partial charge on any atom is 0.224 e. The number of carbonyl (C=O) groups is 3. The number of halogens is 3. The van der Waals surface area contributed by atoms with Crippen LogP contribution < -0.4 is 44.4 Å². The number of fused-ring (bicyclic) bond motifs is 3. The van der Waals surface area contributed by atoms with E-state index in [1.165, 1.54) is 73.1 Å². The Hall–Kier alpha value is -12.4. The fraction of sp³-hybridized carbons (Fsp3) is 0.221. The zero-order valence-corrected chi connectivity index (χ0v) is 57.3. The maximum absolute atomic E-state index is 14.2. The van der Waals surface area contributed by atoms with Crippen LogP contribution >= 0.6 is 0 Å². The van der Waals surface area contributed by atoms with Crippen molar-refractivity contribution in [2.24, 2.45) is 0 Å². The van der Waals surface area contributed by atoms with E-state index in [1.54, 1.807) is 85.6 Å². The molecule has 12 rings (SSSR count). The van der Waals surface area contributed by atoms with Gasteiger partial charge in [-0.15, -0.1) is 0 Å². The van der Waals surface area contributed by atoms with Gasteiger partial charge in [0.2, 0.25) is 46.9 Å². The summed E-state index contributed by atoms with van der Waals surface area (Å²) in [6, 6.07) is 31.1. The van der Waals surface area contributed by atoms with Gasteiger partial charge in [0.05, 0.1) is 91.9 Å². The zero-order valence-electron chi connectivity index (χ0n) is 57.3. The Morgan fingerprint density at radius 1 is 0.500 bits per heavy atom. The van der Waals surface area contributed by atoms with Gasteiger partial charge in [0.1, 0.15) is 5.82 Å². The minimum atomic E-state index is -0.618. The summed E-state index contributed by atoms with van der Waals surface area (Å²) in [6.07, 6.45) is 15.8. The lowest BCUT2D eigenvalue weighted by Gasteiger charge is -2.23. The second-order valence-corrected chi connectivity index (χ2v) is 23.6. The van der Waals surface area contributed by atoms with Gasteiger partial charge in [-0.25, -0.2) is 14.4 Å². The molecule has 0 fully saturated rings. The molecule has 0 bridgehead atoms. The summed E-state index contributed by atoms with van der Waals surface area (Å²) >= 11 is 0. The van der Waals surface area contributed by atoms with E-state index in [4.69, 9.17) is 28.4 Å². The molecule has 7 heterocycles. The monoisotopic (exact) mass is 1390 g/mol. The van der Waals surface area contributed by atoms with Crippen molar-refractivity contribution < 1.29 is 71.3 Å². The number of amides is 3. The summed E-state index contributed by atoms with van der Waals surface area (Å²) in [5.41, 5.74) is 12.7. The first-order valence-corrected chi connectivity index (χ1v) is 32.0. The largest absolute Gasteiger partial charge is 0.502 e. The number of carbonyl (C=O) groups excluding carboxylic acids is 3. The van der Waals surface area contributed by atoms with E-state index in [-0.39, 0.29) is 101 Å². The van der Waals surface area contributed by atoms with Gasteiger partial charge in [0.15, 0.2) is 34.5 Å². The van der Waals surface area contributed by atoms with Crippen LogP contribution in [0.3, 0.4) is 0 Å². The van der Waals surface area contributed by atoms with Crippen LogP contribution in [-0.2, 0) is 34.0 Å². The van der Waals surface area contributed by atoms with Crippen LogP contribution in [0.5, 0.6) is 51.7 Å². The van der Waals surface area contributed by atoms with Crippen molar-refractivity contribution in [1.82, 2.24) is 50.7 Å². The van der Waals surface area contributed by atoms with E-state index in [9.17, 15) is 42.9 Å². The number of pyridine rings is 5. The lowest BCUT2D eigenvalue weighted by atomic mass is 10.0. The number of nitrogens with one attached hydrogen (secondary N) is 3. The van der Waals surface area contributed by atoms with Crippen molar-refractivity contribution >= 4 is 58.5 Å². The maximum atomic E-state index is 14.2. The van der Waals surface area contributed by atoms with Gasteiger partial charge in [-0.05, 0) is 172 Å². The Balaban J connectivity index is 0.000000165. The summed E-state index contributed by atoms with van der Waals surface area (Å²) in [5, 5.41) is 39.3. The zero-order chi connectivity index (χ0) is 72.7. The minimum absolute atomic E-state index is 0.0781. The molecule has 0 spiro atoms. The fourth-order valence-corrected chi connectivity index (χ4v) is 12.1. The average molecular weight is 1390 g/mol. The number of rotatable bonds is 21. The van der Waals surface area contributed by atoms with Crippen molar-refractivity contribution in [1.29, 1.82) is 0 Å². The van der Waals surface area contributed by atoms with Gasteiger partial charge in [-0.2, -0.15) is 8.78 Å². The molecule has 526 valence electrons. The number of aromatic nitrogens is 5. The molecule has 2 aliphatic heterocycles. The molecule has 2 unspecified atom stereocenters. The predicted molar refractivity (Wildman–Crippen MR) is 378 cm³/mol. The number of aromatic hydroxyl groups is 3. The molecular weight excluding hydrogens is 1310 g/mol. The number of phenols is 3. The van der Waals surface area contributed by atoms with E-state index in [2.05, 4.69) is 40.9 Å². The highest BCUT2D eigenvalue weighted by Gasteiger charge is 2.36. The lowest BCUT2D eigenvalue weighted by molar-refractivity contribution is -0.123. The van der Waals surface area contributed by atoms with Gasteiger partial charge in [-0.3, -0.25) is 29.3 Å². The standard InChI is InChI=1S/C26H26FN3O4.C26H24FN3O4.C25H25FN4O4/c1-30-21(9-17-10-23(33-2)26(32)24(11-17)34-3)19-7-6-18(27)12-20(19)22(30)13-25(31)29-15-16-5-4-8-28-14-16;1-15-18(8-16-9-22(33-2)26(32)23(10-16)34-3)21-14-29-24(27)11-20(21)19(15)12-25(31)30-13-17-6-4-5-7-28-17;1-30-18(9-16-10-20(33-2)25(32)21(11-16)34-3)17-6-7-22(26)29-24(17)19(30)12-23(31)28-14-15-5-4-8-27-13-15/h4-12,14,22,32H,13,15H2,1-3H3,(H,29,31);4-11,14,32H,12-13H2,1-3H3,(H,30,31);4-11,13,19,32H,12,14H2,1-3H3,(H,28,31)/b21-9+;18-8-;18-9+. The Bertz CT molecular complexity index is 4420. The first-order chi connectivity index (χ1) is 49.2. The number of hydrogen-bond donors (Lipinski definition) is 6. The third-order valence-corrected chi connectivity index (χ3v) is 17.3. The van der Waals surface area contributed by atoms with Crippen LogP contribution in [0.2, 0.25) is 0 Å². The predicted octanol–water partition coefficient (Wildman–Crippen LogP) is 12.0. The van der Waals surface area contributed by atoms with E-state index in [0.29, 0.717) is 42.0 Å². The molecule has 0 radical (unpaired) electrons. The second-order valence-electron chi connectivity index (χ2n) is 23.6. The van der Waals surface area contributed by atoms with Gasteiger partial charge >= 0.3 is 0 Å². The average Bonchev–Trinajstić information content (AvgIpc) is 1.63. The van der Waals surface area contributed by atoms with Crippen LogP contribution in [0.15, 0.2) is 158 Å². The molecule has 1 aliphatic carbocycles. The molecule has 0 saturated heterocycles. The Morgan fingerprint density at radius 3 is 1.49 bits per heavy atom. The fourth-order valence-electron chi connectivity index (χ4n) is 12.1. The molecule has 25 heteroatoms. The van der Waals surface area contributed by atoms with Gasteiger partial charge in [0.25, 0.3) is 0 Å². The molecule has 9 aromatic rings. The molecule has 6 N–H and O–H groups in total. The van der Waals surface area contributed by atoms with Crippen LogP contribution in [0.1, 0.15) is 105 Å². The number of benzene rings is 4. The smallest absolute Gasteiger partial charge is 0.224 e. The normalized spacial score (nSPS) is 15.1. The highest BCUT2D eigenvalue weighted by Crippen LogP contribution is 2.48. The number of phenolic OH excluding ortho intramolecular Hbond substituents is 3. The van der Waals surface area contributed by atoms with Crippen LogP contribution in [0, 0.1) is 17.7 Å². The summed E-state index contributed by atoms with van der Waals surface area (Å²) < 4.78 is 73.8. The van der Waals surface area contributed by atoms with Crippen molar-refractivity contribution in [2.45, 2.75) is 57.9 Å². The summed E-state index contributed by atoms with van der Waals surface area (Å²) in [4.78, 5) is 62.3. The summed E-state index contributed by atoms with van der Waals surface area (Å²) in [7, 11) is 12.4. The molecule has 5 aromatic heterocycles. The van der Waals surface area contributed by atoms with Crippen LogP contribution in [-0.4, -0.2) is 125 Å². The Morgan fingerprint density at radius 2 is 0.990 bits per heavy atom. The second kappa shape index (κ2) is 33.0. The number of hydrogen-bond acceptors (Lipinski definition) is 19. The van der Waals surface area contributed by atoms with Gasteiger partial charge in [-0.1, -0.05) is 18.2 Å². The van der Waals surface area contributed by atoms with Crippen LogP contribution in [0.4, 0.5) is 13.2 Å². The molecular formula is C77H75F3N10O12. The van der Waals surface area contributed by atoms with Gasteiger partial charge < -0.3 is 69.5 Å². The quantitative estimate of drug-likeness (QED) is 0.0365. The Kier molecular flexibility index (Phi) is 23.4. The molecule has 102 heavy (non-hydrogen) atoms.